The molecule has 3 aromatic rings. The van der Waals surface area contributed by atoms with E-state index in [-0.39, 0.29) is 23.2 Å². The molecule has 1 aliphatic heterocycles. The number of nitrogens with zero attached hydrogens (tertiary/aromatic N) is 3. The van der Waals surface area contributed by atoms with Gasteiger partial charge < -0.3 is 4.90 Å². The number of hydrogen-bond donors (Lipinski definition) is 0. The van der Waals surface area contributed by atoms with E-state index in [0.29, 0.717) is 18.9 Å². The topological polar surface area (TPSA) is 46.1 Å². The van der Waals surface area contributed by atoms with Gasteiger partial charge in [0.1, 0.15) is 11.6 Å². The van der Waals surface area contributed by atoms with Crippen LogP contribution in [0.15, 0.2) is 54.7 Å². The quantitative estimate of drug-likeness (QED) is 0.493. The van der Waals surface area contributed by atoms with Crippen molar-refractivity contribution in [3.05, 3.63) is 83.2 Å². The van der Waals surface area contributed by atoms with Crippen molar-refractivity contribution in [2.24, 2.45) is 0 Å². The second kappa shape index (κ2) is 8.68. The third-order valence-corrected chi connectivity index (χ3v) is 5.65. The monoisotopic (exact) mass is 443 g/mol. The third kappa shape index (κ3) is 4.64. The zero-order valence-corrected chi connectivity index (χ0v) is 17.4. The lowest BCUT2D eigenvalue weighted by atomic mass is 9.89. The smallest absolute Gasteiger partial charge is 0.338 e. The average Bonchev–Trinajstić information content (AvgIpc) is 2.79. The third-order valence-electron chi connectivity index (χ3n) is 5.65. The van der Waals surface area contributed by atoms with Crippen molar-refractivity contribution in [1.82, 2.24) is 14.9 Å². The van der Waals surface area contributed by atoms with Crippen molar-refractivity contribution in [1.29, 1.82) is 0 Å². The van der Waals surface area contributed by atoms with Gasteiger partial charge in [0.2, 0.25) is 0 Å². The number of amides is 1. The first-order valence-corrected chi connectivity index (χ1v) is 10.3. The molecule has 1 aliphatic rings. The summed E-state index contributed by atoms with van der Waals surface area (Å²) >= 11 is 0. The maximum Gasteiger partial charge on any atom is 0.416 e. The van der Waals surface area contributed by atoms with Crippen LogP contribution in [-0.4, -0.2) is 33.9 Å². The molecule has 166 valence electrons. The van der Waals surface area contributed by atoms with E-state index in [4.69, 9.17) is 0 Å². The minimum Gasteiger partial charge on any atom is -0.338 e. The Morgan fingerprint density at radius 1 is 1.06 bits per heavy atom. The van der Waals surface area contributed by atoms with Crippen LogP contribution in [0.4, 0.5) is 17.6 Å². The number of halogens is 4. The largest absolute Gasteiger partial charge is 0.416 e. The second-order valence-electron chi connectivity index (χ2n) is 7.89. The molecule has 0 N–H and O–H groups in total. The van der Waals surface area contributed by atoms with Gasteiger partial charge in [0, 0.05) is 36.3 Å². The zero-order valence-electron chi connectivity index (χ0n) is 17.4. The summed E-state index contributed by atoms with van der Waals surface area (Å²) < 4.78 is 51.8. The van der Waals surface area contributed by atoms with Crippen LogP contribution in [0.5, 0.6) is 0 Å². The minimum absolute atomic E-state index is 0.0658. The average molecular weight is 443 g/mol. The predicted molar refractivity (Wildman–Crippen MR) is 111 cm³/mol. The number of benzene rings is 2. The second-order valence-corrected chi connectivity index (χ2v) is 7.89. The van der Waals surface area contributed by atoms with Gasteiger partial charge in [-0.1, -0.05) is 12.1 Å². The molecule has 1 atom stereocenters. The summed E-state index contributed by atoms with van der Waals surface area (Å²) in [6, 6.07) is 10.4. The molecule has 2 heterocycles. The summed E-state index contributed by atoms with van der Waals surface area (Å²) in [4.78, 5) is 23.5. The van der Waals surface area contributed by atoms with Crippen molar-refractivity contribution < 1.29 is 22.4 Å². The molecule has 1 saturated heterocycles. The van der Waals surface area contributed by atoms with Gasteiger partial charge in [0.25, 0.3) is 5.91 Å². The highest BCUT2D eigenvalue weighted by molar-refractivity contribution is 5.94. The van der Waals surface area contributed by atoms with E-state index in [1.165, 1.54) is 24.3 Å². The lowest BCUT2D eigenvalue weighted by Crippen LogP contribution is -2.39. The first kappa shape index (κ1) is 21.9. The normalized spacial score (nSPS) is 16.8. The number of rotatable bonds is 3. The summed E-state index contributed by atoms with van der Waals surface area (Å²) in [5.41, 5.74) is 1.79. The Hall–Kier alpha value is -3.29. The summed E-state index contributed by atoms with van der Waals surface area (Å²) in [6.07, 6.45) is -1.19. The molecule has 4 nitrogen and oxygen atoms in total. The number of likely N-dealkylation sites (tertiary alicyclic amines) is 1. The van der Waals surface area contributed by atoms with E-state index in [0.717, 1.165) is 41.8 Å². The molecule has 32 heavy (non-hydrogen) atoms. The molecule has 2 aromatic carbocycles. The lowest BCUT2D eigenvalue weighted by Gasteiger charge is -2.33. The highest BCUT2D eigenvalue weighted by Crippen LogP contribution is 2.34. The van der Waals surface area contributed by atoms with Gasteiger partial charge in [-0.15, -0.1) is 0 Å². The highest BCUT2D eigenvalue weighted by atomic mass is 19.4. The molecule has 0 bridgehead atoms. The molecule has 0 aliphatic carbocycles. The van der Waals surface area contributed by atoms with Gasteiger partial charge in [-0.25, -0.2) is 14.4 Å². The number of alkyl halides is 3. The predicted octanol–water partition coefficient (Wildman–Crippen LogP) is 5.63. The fourth-order valence-corrected chi connectivity index (χ4v) is 4.02. The Kier molecular flexibility index (Phi) is 5.95. The Morgan fingerprint density at radius 3 is 2.41 bits per heavy atom. The molecular formula is C24H21F4N3O. The van der Waals surface area contributed by atoms with Crippen LogP contribution in [0.2, 0.25) is 0 Å². The summed E-state index contributed by atoms with van der Waals surface area (Å²) in [7, 11) is 0. The molecule has 0 spiro atoms. The number of carbonyl (C=O) groups is 1. The lowest BCUT2D eigenvalue weighted by molar-refractivity contribution is -0.137. The van der Waals surface area contributed by atoms with Gasteiger partial charge in [0.05, 0.1) is 11.3 Å². The number of piperidine rings is 1. The van der Waals surface area contributed by atoms with Gasteiger partial charge in [-0.2, -0.15) is 13.2 Å². The maximum absolute atomic E-state index is 13.4. The van der Waals surface area contributed by atoms with Gasteiger partial charge in [0.15, 0.2) is 0 Å². The van der Waals surface area contributed by atoms with Crippen LogP contribution in [0.1, 0.15) is 46.2 Å². The van der Waals surface area contributed by atoms with E-state index in [9.17, 15) is 22.4 Å². The van der Waals surface area contributed by atoms with Crippen LogP contribution in [-0.2, 0) is 6.18 Å². The fourth-order valence-electron chi connectivity index (χ4n) is 4.02. The van der Waals surface area contributed by atoms with Crippen LogP contribution < -0.4 is 0 Å². The van der Waals surface area contributed by atoms with Crippen molar-refractivity contribution in [3.8, 4) is 11.1 Å². The van der Waals surface area contributed by atoms with E-state index < -0.39 is 11.7 Å². The van der Waals surface area contributed by atoms with Crippen molar-refractivity contribution >= 4 is 5.91 Å². The Balaban J connectivity index is 1.59. The first-order valence-electron chi connectivity index (χ1n) is 10.3. The Bertz CT molecular complexity index is 1110. The SMILES string of the molecule is Cc1ncc(-c2ccc(F)cc2)c([C@@H]2CCCN(C(=O)c3ccc(C(F)(F)F)cc3)C2)n1. The molecule has 0 saturated carbocycles. The summed E-state index contributed by atoms with van der Waals surface area (Å²) in [5, 5.41) is 0. The van der Waals surface area contributed by atoms with E-state index in [1.807, 2.05) is 0 Å². The highest BCUT2D eigenvalue weighted by Gasteiger charge is 2.31. The number of hydrogen-bond acceptors (Lipinski definition) is 3. The Labute approximate surface area is 182 Å². The van der Waals surface area contributed by atoms with Crippen molar-refractivity contribution in [2.75, 3.05) is 13.1 Å². The standard InChI is InChI=1S/C24H21F4N3O/c1-15-29-13-21(16-6-10-20(25)11-7-16)22(30-15)18-3-2-12-31(14-18)23(32)17-4-8-19(9-5-17)24(26,27)28/h4-11,13,18H,2-3,12,14H2,1H3/t18-/m1/s1. The number of carbonyl (C=O) groups excluding carboxylic acids is 1. The van der Waals surface area contributed by atoms with Crippen LogP contribution in [0.25, 0.3) is 11.1 Å². The minimum atomic E-state index is -4.45. The molecule has 4 rings (SSSR count). The molecule has 0 radical (unpaired) electrons. The van der Waals surface area contributed by atoms with E-state index in [2.05, 4.69) is 9.97 Å². The summed E-state index contributed by atoms with van der Waals surface area (Å²) in [6.45, 7) is 2.70. The van der Waals surface area contributed by atoms with Crippen molar-refractivity contribution in [3.63, 3.8) is 0 Å². The molecule has 8 heteroatoms. The Morgan fingerprint density at radius 2 is 1.75 bits per heavy atom. The van der Waals surface area contributed by atoms with Crippen LogP contribution in [0, 0.1) is 12.7 Å². The molecule has 0 unspecified atom stereocenters. The molecule has 1 amide bonds. The number of aryl methyl sites for hydroxylation is 1. The van der Waals surface area contributed by atoms with Gasteiger partial charge in [-0.05, 0) is 61.7 Å². The van der Waals surface area contributed by atoms with Gasteiger partial charge >= 0.3 is 6.18 Å². The molecule has 1 aromatic heterocycles. The first-order chi connectivity index (χ1) is 15.2. The van der Waals surface area contributed by atoms with E-state index in [1.54, 1.807) is 30.2 Å². The van der Waals surface area contributed by atoms with Crippen LogP contribution in [0.3, 0.4) is 0 Å². The fraction of sp³-hybridized carbons (Fsp3) is 0.292. The van der Waals surface area contributed by atoms with Crippen molar-refractivity contribution in [2.45, 2.75) is 31.9 Å². The maximum atomic E-state index is 13.4. The zero-order chi connectivity index (χ0) is 22.9. The van der Waals surface area contributed by atoms with E-state index >= 15 is 0 Å². The molecular weight excluding hydrogens is 422 g/mol. The van der Waals surface area contributed by atoms with Crippen LogP contribution >= 0.6 is 0 Å². The number of aromatic nitrogens is 2. The molecule has 1 fully saturated rings. The van der Waals surface area contributed by atoms with Gasteiger partial charge in [-0.3, -0.25) is 4.79 Å². The summed E-state index contributed by atoms with van der Waals surface area (Å²) in [5.74, 6) is -0.118.